The Bertz CT molecular complexity index is 1230. The number of benzene rings is 3. The van der Waals surface area contributed by atoms with Crippen LogP contribution in [-0.4, -0.2) is 49.1 Å². The quantitative estimate of drug-likeness (QED) is 0.523. The van der Waals surface area contributed by atoms with E-state index in [0.29, 0.717) is 28.4 Å². The maximum Gasteiger partial charge on any atom is 0.231 e. The van der Waals surface area contributed by atoms with Crippen LogP contribution in [-0.2, 0) is 6.54 Å². The molecule has 3 aromatic rings. The number of allylic oxidation sites excluding steroid dienone is 1. The number of piperazine rings is 1. The van der Waals surface area contributed by atoms with Crippen molar-refractivity contribution in [2.75, 3.05) is 38.2 Å². The minimum atomic E-state index is -0.185. The van der Waals surface area contributed by atoms with Crippen LogP contribution in [0, 0.1) is 0 Å². The minimum Gasteiger partial charge on any atom is -0.507 e. The van der Waals surface area contributed by atoms with Gasteiger partial charge in [-0.25, -0.2) is 0 Å². The van der Waals surface area contributed by atoms with E-state index in [1.165, 1.54) is 0 Å². The van der Waals surface area contributed by atoms with Gasteiger partial charge in [0.05, 0.1) is 18.2 Å². The van der Waals surface area contributed by atoms with Gasteiger partial charge in [0.15, 0.2) is 5.76 Å². The smallest absolute Gasteiger partial charge is 0.231 e. The van der Waals surface area contributed by atoms with Crippen LogP contribution in [0.4, 0.5) is 5.69 Å². The molecule has 0 spiro atoms. The molecule has 0 radical (unpaired) electrons. The number of nitrogens with zero attached hydrogens (tertiary/aromatic N) is 2. The molecule has 2 aliphatic heterocycles. The molecule has 0 aromatic heterocycles. The number of halogens is 1. The SMILES string of the molecule is COc1ccc(N2CCN(Cc3c(O)ccc4c3O/C(=C\c3ccc(Cl)cc3)C4=O)CC2)cc1. The Morgan fingerprint density at radius 3 is 2.38 bits per heavy atom. The van der Waals surface area contributed by atoms with Crippen molar-refractivity contribution in [2.24, 2.45) is 0 Å². The van der Waals surface area contributed by atoms with Crippen molar-refractivity contribution in [1.29, 1.82) is 0 Å². The second kappa shape index (κ2) is 9.41. The Morgan fingerprint density at radius 2 is 1.71 bits per heavy atom. The molecule has 2 aliphatic rings. The van der Waals surface area contributed by atoms with Crippen LogP contribution in [0.3, 0.4) is 0 Å². The normalized spacial score (nSPS) is 17.1. The lowest BCUT2D eigenvalue weighted by Gasteiger charge is -2.36. The third kappa shape index (κ3) is 4.47. The monoisotopic (exact) mass is 476 g/mol. The van der Waals surface area contributed by atoms with Gasteiger partial charge in [0.25, 0.3) is 0 Å². The zero-order valence-electron chi connectivity index (χ0n) is 18.8. The summed E-state index contributed by atoms with van der Waals surface area (Å²) in [6.45, 7) is 3.90. The molecule has 6 nitrogen and oxygen atoms in total. The number of carbonyl (C=O) groups excluding carboxylic acids is 1. The maximum absolute atomic E-state index is 12.9. The molecule has 5 rings (SSSR count). The zero-order chi connectivity index (χ0) is 23.7. The molecular weight excluding hydrogens is 452 g/mol. The minimum absolute atomic E-state index is 0.136. The van der Waals surface area contributed by atoms with Crippen molar-refractivity contribution in [3.8, 4) is 17.2 Å². The highest BCUT2D eigenvalue weighted by Crippen LogP contribution is 2.40. The fourth-order valence-electron chi connectivity index (χ4n) is 4.34. The van der Waals surface area contributed by atoms with Crippen LogP contribution in [0.5, 0.6) is 17.2 Å². The Morgan fingerprint density at radius 1 is 1.00 bits per heavy atom. The number of hydrogen-bond acceptors (Lipinski definition) is 6. The Hall–Kier alpha value is -3.48. The predicted octanol–water partition coefficient (Wildman–Crippen LogP) is 4.99. The first-order chi connectivity index (χ1) is 16.5. The highest BCUT2D eigenvalue weighted by molar-refractivity contribution is 6.30. The van der Waals surface area contributed by atoms with Crippen molar-refractivity contribution in [3.63, 3.8) is 0 Å². The van der Waals surface area contributed by atoms with Gasteiger partial charge in [-0.1, -0.05) is 23.7 Å². The molecule has 34 heavy (non-hydrogen) atoms. The largest absolute Gasteiger partial charge is 0.507 e. The number of carbonyl (C=O) groups is 1. The number of aromatic hydroxyl groups is 1. The molecule has 0 saturated carbocycles. The van der Waals surface area contributed by atoms with Gasteiger partial charge in [-0.2, -0.15) is 0 Å². The molecule has 1 saturated heterocycles. The Labute approximate surface area is 203 Å². The van der Waals surface area contributed by atoms with Crippen molar-refractivity contribution in [2.45, 2.75) is 6.54 Å². The lowest BCUT2D eigenvalue weighted by atomic mass is 10.0. The number of phenols is 1. The van der Waals surface area contributed by atoms with E-state index >= 15 is 0 Å². The summed E-state index contributed by atoms with van der Waals surface area (Å²) in [4.78, 5) is 17.5. The van der Waals surface area contributed by atoms with Crippen molar-refractivity contribution >= 4 is 29.1 Å². The number of anilines is 1. The van der Waals surface area contributed by atoms with E-state index < -0.39 is 0 Å². The lowest BCUT2D eigenvalue weighted by molar-refractivity contribution is 0.101. The lowest BCUT2D eigenvalue weighted by Crippen LogP contribution is -2.46. The molecule has 0 aliphatic carbocycles. The second-order valence-corrected chi connectivity index (χ2v) is 8.83. The van der Waals surface area contributed by atoms with Gasteiger partial charge < -0.3 is 19.5 Å². The average molecular weight is 477 g/mol. The molecular formula is C27H25ClN2O4. The fraction of sp³-hybridized carbons (Fsp3) is 0.222. The van der Waals surface area contributed by atoms with Crippen molar-refractivity contribution in [1.82, 2.24) is 4.90 Å². The number of hydrogen-bond donors (Lipinski definition) is 1. The van der Waals surface area contributed by atoms with Gasteiger partial charge in [0.1, 0.15) is 17.2 Å². The number of ketones is 1. The predicted molar refractivity (Wildman–Crippen MR) is 133 cm³/mol. The molecule has 2 heterocycles. The van der Waals surface area contributed by atoms with E-state index in [2.05, 4.69) is 21.9 Å². The van der Waals surface area contributed by atoms with Gasteiger partial charge in [0, 0.05) is 43.4 Å². The Balaban J connectivity index is 1.30. The molecule has 0 atom stereocenters. The fourth-order valence-corrected chi connectivity index (χ4v) is 4.47. The molecule has 0 unspecified atom stereocenters. The summed E-state index contributed by atoms with van der Waals surface area (Å²) in [6.07, 6.45) is 1.70. The van der Waals surface area contributed by atoms with Crippen LogP contribution in [0.25, 0.3) is 6.08 Å². The van der Waals surface area contributed by atoms with Crippen LogP contribution >= 0.6 is 11.6 Å². The highest BCUT2D eigenvalue weighted by Gasteiger charge is 2.32. The van der Waals surface area contributed by atoms with Gasteiger partial charge in [-0.3, -0.25) is 9.69 Å². The van der Waals surface area contributed by atoms with E-state index in [1.54, 1.807) is 37.5 Å². The summed E-state index contributed by atoms with van der Waals surface area (Å²) >= 11 is 5.96. The third-order valence-corrected chi connectivity index (χ3v) is 6.53. The summed E-state index contributed by atoms with van der Waals surface area (Å²) in [5, 5.41) is 11.2. The van der Waals surface area contributed by atoms with E-state index in [1.807, 2.05) is 24.3 Å². The number of rotatable bonds is 5. The molecule has 3 aromatic carbocycles. The van der Waals surface area contributed by atoms with Gasteiger partial charge in [-0.15, -0.1) is 0 Å². The van der Waals surface area contributed by atoms with Crippen LogP contribution < -0.4 is 14.4 Å². The molecule has 7 heteroatoms. The molecule has 0 amide bonds. The topological polar surface area (TPSA) is 62.2 Å². The summed E-state index contributed by atoms with van der Waals surface area (Å²) in [5.41, 5.74) is 3.10. The summed E-state index contributed by atoms with van der Waals surface area (Å²) in [6, 6.07) is 18.5. The first-order valence-electron chi connectivity index (χ1n) is 11.2. The van der Waals surface area contributed by atoms with E-state index in [9.17, 15) is 9.90 Å². The number of phenolic OH excluding ortho intramolecular Hbond substituents is 1. The first kappa shape index (κ1) is 22.3. The molecule has 1 fully saturated rings. The Kier molecular flexibility index (Phi) is 6.18. The number of methoxy groups -OCH3 is 1. The van der Waals surface area contributed by atoms with Gasteiger partial charge in [-0.05, 0) is 60.2 Å². The molecule has 1 N–H and O–H groups in total. The highest BCUT2D eigenvalue weighted by atomic mass is 35.5. The number of fused-ring (bicyclic) bond motifs is 1. The summed E-state index contributed by atoms with van der Waals surface area (Å²) in [5.74, 6) is 1.48. The standard InChI is InChI=1S/C27H25ClN2O4/c1-33-21-8-6-20(7-9-21)30-14-12-29(13-15-30)17-23-24(31)11-10-22-26(32)25(34-27(22)23)16-18-2-4-19(28)5-3-18/h2-11,16,31H,12-15,17H2,1H3/b25-16-. The van der Waals surface area contributed by atoms with E-state index in [-0.39, 0.29) is 17.3 Å². The van der Waals surface area contributed by atoms with Crippen molar-refractivity contribution < 1.29 is 19.4 Å². The third-order valence-electron chi connectivity index (χ3n) is 6.28. The zero-order valence-corrected chi connectivity index (χ0v) is 19.6. The van der Waals surface area contributed by atoms with Gasteiger partial charge in [0.2, 0.25) is 5.78 Å². The van der Waals surface area contributed by atoms with Crippen LogP contribution in [0.15, 0.2) is 66.4 Å². The maximum atomic E-state index is 12.9. The average Bonchev–Trinajstić information content (AvgIpc) is 3.18. The summed E-state index contributed by atoms with van der Waals surface area (Å²) < 4.78 is 11.2. The van der Waals surface area contributed by atoms with E-state index in [0.717, 1.165) is 43.2 Å². The number of Topliss-reactive ketones (excluding diaryl/α,β-unsaturated/α-hetero) is 1. The van der Waals surface area contributed by atoms with E-state index in [4.69, 9.17) is 21.1 Å². The second-order valence-electron chi connectivity index (χ2n) is 8.39. The number of ether oxygens (including phenoxy) is 2. The first-order valence-corrected chi connectivity index (χ1v) is 11.6. The van der Waals surface area contributed by atoms with Crippen molar-refractivity contribution in [3.05, 3.63) is 88.1 Å². The molecule has 174 valence electrons. The van der Waals surface area contributed by atoms with Crippen LogP contribution in [0.2, 0.25) is 5.02 Å². The van der Waals surface area contributed by atoms with Crippen LogP contribution in [0.1, 0.15) is 21.5 Å². The molecule has 0 bridgehead atoms. The van der Waals surface area contributed by atoms with Gasteiger partial charge >= 0.3 is 0 Å². The summed E-state index contributed by atoms with van der Waals surface area (Å²) in [7, 11) is 1.66.